The van der Waals surface area contributed by atoms with E-state index in [0.717, 1.165) is 38.5 Å². The van der Waals surface area contributed by atoms with E-state index in [9.17, 15) is 4.79 Å². The van der Waals surface area contributed by atoms with E-state index in [-0.39, 0.29) is 17.5 Å². The molecule has 0 fully saturated rings. The van der Waals surface area contributed by atoms with E-state index >= 15 is 0 Å². The number of unbranched alkanes of at least 4 members (excludes halogenated alkanes) is 1. The Morgan fingerprint density at radius 2 is 1.69 bits per heavy atom. The molecule has 3 nitrogen and oxygen atoms in total. The number of hydrogen-bond acceptors (Lipinski definition) is 2. The Kier molecular flexibility index (Phi) is 7.39. The lowest BCUT2D eigenvalue weighted by Gasteiger charge is -2.33. The summed E-state index contributed by atoms with van der Waals surface area (Å²) in [5.41, 5.74) is 5.81. The van der Waals surface area contributed by atoms with Gasteiger partial charge in [0.2, 0.25) is 5.91 Å². The van der Waals surface area contributed by atoms with Gasteiger partial charge < -0.3 is 11.1 Å². The summed E-state index contributed by atoms with van der Waals surface area (Å²) in [7, 11) is 0. The number of carbonyl (C=O) groups is 1. The van der Waals surface area contributed by atoms with Crippen LogP contribution in [0.25, 0.3) is 0 Å². The highest BCUT2D eigenvalue weighted by Crippen LogP contribution is 2.19. The largest absolute Gasteiger partial charge is 0.349 e. The number of hydrogen-bond donors (Lipinski definition) is 2. The van der Waals surface area contributed by atoms with Gasteiger partial charge in [-0.05, 0) is 25.7 Å². The van der Waals surface area contributed by atoms with Gasteiger partial charge in [0.25, 0.3) is 0 Å². The molecule has 0 aromatic rings. The van der Waals surface area contributed by atoms with Gasteiger partial charge in [0, 0.05) is 5.54 Å². The third-order valence-electron chi connectivity index (χ3n) is 3.62. The van der Waals surface area contributed by atoms with E-state index in [0.29, 0.717) is 0 Å². The van der Waals surface area contributed by atoms with E-state index in [1.165, 1.54) is 0 Å². The molecular weight excluding hydrogens is 200 g/mol. The zero-order valence-corrected chi connectivity index (χ0v) is 11.3. The Balaban J connectivity index is 4.28. The van der Waals surface area contributed by atoms with Gasteiger partial charge in [-0.25, -0.2) is 0 Å². The highest BCUT2D eigenvalue weighted by molar-refractivity contribution is 5.82. The molecular formula is C13H28N2O. The van der Waals surface area contributed by atoms with Crippen LogP contribution in [0.4, 0.5) is 0 Å². The van der Waals surface area contributed by atoms with Gasteiger partial charge in [0.15, 0.2) is 0 Å². The lowest BCUT2D eigenvalue weighted by Crippen LogP contribution is -2.52. The normalized spacial score (nSPS) is 13.6. The van der Waals surface area contributed by atoms with Crippen molar-refractivity contribution in [1.82, 2.24) is 5.32 Å². The summed E-state index contributed by atoms with van der Waals surface area (Å²) in [6, 6.07) is -0.344. The lowest BCUT2D eigenvalue weighted by atomic mass is 9.89. The van der Waals surface area contributed by atoms with Crippen LogP contribution in [-0.4, -0.2) is 17.5 Å². The second-order valence-electron chi connectivity index (χ2n) is 4.58. The number of nitrogens with two attached hydrogens (primary N) is 1. The zero-order chi connectivity index (χ0) is 12.6. The smallest absolute Gasteiger partial charge is 0.237 e. The van der Waals surface area contributed by atoms with Gasteiger partial charge in [-0.1, -0.05) is 40.5 Å². The maximum absolute atomic E-state index is 11.9. The molecule has 3 heteroatoms. The molecule has 0 bridgehead atoms. The van der Waals surface area contributed by atoms with Crippen molar-refractivity contribution in [2.24, 2.45) is 5.73 Å². The van der Waals surface area contributed by atoms with Crippen LogP contribution in [-0.2, 0) is 4.79 Å². The Morgan fingerprint density at radius 3 is 2.06 bits per heavy atom. The number of nitrogens with one attached hydrogen (secondary N) is 1. The number of carbonyl (C=O) groups excluding carboxylic acids is 1. The molecule has 0 saturated carbocycles. The van der Waals surface area contributed by atoms with E-state index in [1.807, 2.05) is 0 Å². The third kappa shape index (κ3) is 4.52. The third-order valence-corrected chi connectivity index (χ3v) is 3.62. The van der Waals surface area contributed by atoms with Crippen LogP contribution < -0.4 is 11.1 Å². The average Bonchev–Trinajstić information content (AvgIpc) is 2.32. The molecule has 0 heterocycles. The molecule has 0 saturated heterocycles. The molecule has 0 aromatic carbocycles. The molecule has 3 N–H and O–H groups in total. The van der Waals surface area contributed by atoms with Gasteiger partial charge in [-0.3, -0.25) is 4.79 Å². The summed E-state index contributed by atoms with van der Waals surface area (Å²) in [5, 5.41) is 3.12. The molecule has 1 amide bonds. The fraction of sp³-hybridized carbons (Fsp3) is 0.923. The van der Waals surface area contributed by atoms with E-state index in [4.69, 9.17) is 5.73 Å². The Bertz CT molecular complexity index is 192. The van der Waals surface area contributed by atoms with Crippen LogP contribution in [0.3, 0.4) is 0 Å². The Morgan fingerprint density at radius 1 is 1.19 bits per heavy atom. The van der Waals surface area contributed by atoms with Crippen molar-refractivity contribution in [3.8, 4) is 0 Å². The molecule has 0 aliphatic rings. The topological polar surface area (TPSA) is 55.1 Å². The zero-order valence-electron chi connectivity index (χ0n) is 11.3. The molecule has 1 atom stereocenters. The van der Waals surface area contributed by atoms with Crippen molar-refractivity contribution in [2.45, 2.75) is 77.8 Å². The van der Waals surface area contributed by atoms with Gasteiger partial charge in [0.1, 0.15) is 0 Å². The standard InChI is InChI=1S/C13H28N2O/c1-5-9-10-11(14)12(16)15-13(6-2,7-3)8-4/h11H,5-10,14H2,1-4H3,(H,15,16)/t11-/m0/s1. The minimum atomic E-state index is -0.344. The summed E-state index contributed by atoms with van der Waals surface area (Å²) < 4.78 is 0. The second-order valence-corrected chi connectivity index (χ2v) is 4.58. The number of amides is 1. The summed E-state index contributed by atoms with van der Waals surface area (Å²) >= 11 is 0. The van der Waals surface area contributed by atoms with Crippen LogP contribution >= 0.6 is 0 Å². The van der Waals surface area contributed by atoms with Crippen molar-refractivity contribution in [3.63, 3.8) is 0 Å². The van der Waals surface area contributed by atoms with Crippen LogP contribution in [0.5, 0.6) is 0 Å². The summed E-state index contributed by atoms with van der Waals surface area (Å²) in [6.07, 6.45) is 5.79. The van der Waals surface area contributed by atoms with Crippen molar-refractivity contribution >= 4 is 5.91 Å². The van der Waals surface area contributed by atoms with Gasteiger partial charge in [-0.2, -0.15) is 0 Å². The van der Waals surface area contributed by atoms with Crippen molar-refractivity contribution < 1.29 is 4.79 Å². The van der Waals surface area contributed by atoms with Gasteiger partial charge in [-0.15, -0.1) is 0 Å². The maximum Gasteiger partial charge on any atom is 0.237 e. The SMILES string of the molecule is CCCC[C@H](N)C(=O)NC(CC)(CC)CC. The lowest BCUT2D eigenvalue weighted by molar-refractivity contribution is -0.124. The summed E-state index contributed by atoms with van der Waals surface area (Å²) in [5.74, 6) is 0.0130. The quantitative estimate of drug-likeness (QED) is 0.671. The fourth-order valence-corrected chi connectivity index (χ4v) is 1.92. The van der Waals surface area contributed by atoms with Crippen LogP contribution in [0, 0.1) is 0 Å². The minimum absolute atomic E-state index is 0.0130. The van der Waals surface area contributed by atoms with E-state index in [1.54, 1.807) is 0 Å². The molecule has 16 heavy (non-hydrogen) atoms. The van der Waals surface area contributed by atoms with E-state index in [2.05, 4.69) is 33.0 Å². The minimum Gasteiger partial charge on any atom is -0.349 e. The Hall–Kier alpha value is -0.570. The maximum atomic E-state index is 11.9. The first-order chi connectivity index (χ1) is 7.55. The molecule has 96 valence electrons. The molecule has 0 aliphatic carbocycles. The van der Waals surface area contributed by atoms with Gasteiger partial charge in [0.05, 0.1) is 6.04 Å². The first-order valence-corrected chi connectivity index (χ1v) is 6.62. The van der Waals surface area contributed by atoms with Crippen LogP contribution in [0.1, 0.15) is 66.2 Å². The van der Waals surface area contributed by atoms with Crippen molar-refractivity contribution in [2.75, 3.05) is 0 Å². The molecule has 0 radical (unpaired) electrons. The monoisotopic (exact) mass is 228 g/mol. The first-order valence-electron chi connectivity index (χ1n) is 6.62. The van der Waals surface area contributed by atoms with Crippen molar-refractivity contribution in [1.29, 1.82) is 0 Å². The highest BCUT2D eigenvalue weighted by Gasteiger charge is 2.27. The molecule has 0 aromatic heterocycles. The molecule has 0 unspecified atom stereocenters. The van der Waals surface area contributed by atoms with E-state index < -0.39 is 0 Å². The number of rotatable bonds is 8. The second kappa shape index (κ2) is 7.66. The first kappa shape index (κ1) is 15.4. The molecule has 0 spiro atoms. The van der Waals surface area contributed by atoms with Crippen LogP contribution in [0.2, 0.25) is 0 Å². The summed E-state index contributed by atoms with van der Waals surface area (Å²) in [6.45, 7) is 8.46. The van der Waals surface area contributed by atoms with Crippen LogP contribution in [0.15, 0.2) is 0 Å². The average molecular weight is 228 g/mol. The molecule has 0 rings (SSSR count). The van der Waals surface area contributed by atoms with Gasteiger partial charge >= 0.3 is 0 Å². The molecule has 0 aliphatic heterocycles. The predicted molar refractivity (Wildman–Crippen MR) is 69.2 cm³/mol. The fourth-order valence-electron chi connectivity index (χ4n) is 1.92. The highest BCUT2D eigenvalue weighted by atomic mass is 16.2. The summed E-state index contributed by atoms with van der Waals surface area (Å²) in [4.78, 5) is 11.9. The Labute approximate surface area is 100 Å². The predicted octanol–water partition coefficient (Wildman–Crippen LogP) is 2.59. The van der Waals surface area contributed by atoms with Crippen molar-refractivity contribution in [3.05, 3.63) is 0 Å².